The van der Waals surface area contributed by atoms with Crippen LogP contribution in [0.1, 0.15) is 24.2 Å². The normalized spacial score (nSPS) is 13.5. The number of benzene rings is 1. The van der Waals surface area contributed by atoms with Crippen LogP contribution in [0.5, 0.6) is 11.5 Å². The van der Waals surface area contributed by atoms with Gasteiger partial charge >= 0.3 is 18.0 Å². The third kappa shape index (κ3) is 3.40. The zero-order valence-corrected chi connectivity index (χ0v) is 12.0. The molecule has 1 fully saturated rings. The number of hydrogen-bond donors (Lipinski definition) is 1. The number of nitrogens with zero attached hydrogens (tertiary/aromatic N) is 1. The summed E-state index contributed by atoms with van der Waals surface area (Å²) < 4.78 is 9.85. The SMILES string of the molecule is CC(=O)Oc1ccc(C(=O)N2CCNC2=O)cc1OC(C)=O. The van der Waals surface area contributed by atoms with Crippen molar-refractivity contribution in [2.24, 2.45) is 0 Å². The molecule has 3 amide bonds. The first-order chi connectivity index (χ1) is 10.4. The summed E-state index contributed by atoms with van der Waals surface area (Å²) in [4.78, 5) is 46.9. The summed E-state index contributed by atoms with van der Waals surface area (Å²) in [5.74, 6) is -1.79. The lowest BCUT2D eigenvalue weighted by atomic mass is 10.1. The molecule has 1 N–H and O–H groups in total. The van der Waals surface area contributed by atoms with Gasteiger partial charge in [0.2, 0.25) is 0 Å². The summed E-state index contributed by atoms with van der Waals surface area (Å²) in [6.45, 7) is 3.02. The highest BCUT2D eigenvalue weighted by atomic mass is 16.6. The van der Waals surface area contributed by atoms with E-state index >= 15 is 0 Å². The number of nitrogens with one attached hydrogen (secondary N) is 1. The highest BCUT2D eigenvalue weighted by Crippen LogP contribution is 2.29. The molecule has 1 aromatic rings. The predicted molar refractivity (Wildman–Crippen MR) is 73.5 cm³/mol. The van der Waals surface area contributed by atoms with Crippen molar-refractivity contribution in [3.8, 4) is 11.5 Å². The number of carbonyl (C=O) groups excluding carboxylic acids is 4. The van der Waals surface area contributed by atoms with Gasteiger partial charge in [0.25, 0.3) is 5.91 Å². The van der Waals surface area contributed by atoms with E-state index < -0.39 is 23.9 Å². The van der Waals surface area contributed by atoms with Gasteiger partial charge in [-0.15, -0.1) is 0 Å². The largest absolute Gasteiger partial charge is 0.423 e. The van der Waals surface area contributed by atoms with Crippen molar-refractivity contribution in [3.63, 3.8) is 0 Å². The van der Waals surface area contributed by atoms with Gasteiger partial charge in [0.05, 0.1) is 0 Å². The monoisotopic (exact) mass is 306 g/mol. The predicted octanol–water partition coefficient (Wildman–Crippen LogP) is 0.703. The third-order valence-corrected chi connectivity index (χ3v) is 2.80. The average molecular weight is 306 g/mol. The Labute approximate surface area is 126 Å². The third-order valence-electron chi connectivity index (χ3n) is 2.80. The maximum absolute atomic E-state index is 12.2. The minimum Gasteiger partial charge on any atom is -0.423 e. The van der Waals surface area contributed by atoms with E-state index in [0.29, 0.717) is 6.54 Å². The summed E-state index contributed by atoms with van der Waals surface area (Å²) in [5.41, 5.74) is 0.143. The molecule has 0 atom stereocenters. The van der Waals surface area contributed by atoms with Crippen molar-refractivity contribution >= 4 is 23.9 Å². The zero-order valence-electron chi connectivity index (χ0n) is 12.0. The van der Waals surface area contributed by atoms with Crippen LogP contribution in [0.2, 0.25) is 0 Å². The Kier molecular flexibility index (Phi) is 4.40. The van der Waals surface area contributed by atoms with Gasteiger partial charge in [-0.2, -0.15) is 0 Å². The molecule has 1 aromatic carbocycles. The fraction of sp³-hybridized carbons (Fsp3) is 0.286. The molecule has 116 valence electrons. The molecule has 8 heteroatoms. The number of esters is 2. The number of ether oxygens (including phenoxy) is 2. The standard InChI is InChI=1S/C14H14N2O6/c1-8(17)21-11-4-3-10(7-12(11)22-9(2)18)13(19)16-6-5-15-14(16)20/h3-4,7H,5-6H2,1-2H3,(H,15,20). The van der Waals surface area contributed by atoms with E-state index in [9.17, 15) is 19.2 Å². The maximum atomic E-state index is 12.2. The summed E-state index contributed by atoms with van der Waals surface area (Å²) in [6.07, 6.45) is 0. The molecule has 0 unspecified atom stereocenters. The molecule has 0 spiro atoms. The Morgan fingerprint density at radius 3 is 2.27 bits per heavy atom. The van der Waals surface area contributed by atoms with Crippen LogP contribution >= 0.6 is 0 Å². The zero-order chi connectivity index (χ0) is 16.3. The lowest BCUT2D eigenvalue weighted by Crippen LogP contribution is -2.34. The topological polar surface area (TPSA) is 102 Å². The van der Waals surface area contributed by atoms with E-state index in [-0.39, 0.29) is 23.6 Å². The molecule has 0 bridgehead atoms. The van der Waals surface area contributed by atoms with Crippen LogP contribution in [0.15, 0.2) is 18.2 Å². The Balaban J connectivity index is 2.32. The van der Waals surface area contributed by atoms with Crippen LogP contribution in [-0.2, 0) is 9.59 Å². The van der Waals surface area contributed by atoms with Crippen LogP contribution < -0.4 is 14.8 Å². The number of rotatable bonds is 3. The second kappa shape index (κ2) is 6.25. The molecular formula is C14H14N2O6. The second-order valence-corrected chi connectivity index (χ2v) is 4.54. The lowest BCUT2D eigenvalue weighted by Gasteiger charge is -2.14. The van der Waals surface area contributed by atoms with Crippen LogP contribution in [0.3, 0.4) is 0 Å². The van der Waals surface area contributed by atoms with Crippen molar-refractivity contribution in [2.45, 2.75) is 13.8 Å². The van der Waals surface area contributed by atoms with Gasteiger partial charge in [-0.05, 0) is 18.2 Å². The first-order valence-electron chi connectivity index (χ1n) is 6.49. The lowest BCUT2D eigenvalue weighted by molar-refractivity contribution is -0.134. The van der Waals surface area contributed by atoms with E-state index in [0.717, 1.165) is 4.90 Å². The smallest absolute Gasteiger partial charge is 0.324 e. The molecule has 1 heterocycles. The van der Waals surface area contributed by atoms with Gasteiger partial charge < -0.3 is 14.8 Å². The number of imide groups is 1. The van der Waals surface area contributed by atoms with Crippen LogP contribution in [0.4, 0.5) is 4.79 Å². The van der Waals surface area contributed by atoms with Gasteiger partial charge in [-0.1, -0.05) is 0 Å². The average Bonchev–Trinajstić information content (AvgIpc) is 2.85. The summed E-state index contributed by atoms with van der Waals surface area (Å²) >= 11 is 0. The van der Waals surface area contributed by atoms with E-state index in [1.165, 1.54) is 32.0 Å². The molecule has 1 saturated heterocycles. The van der Waals surface area contributed by atoms with Gasteiger partial charge in [-0.25, -0.2) is 4.79 Å². The summed E-state index contributed by atoms with van der Waals surface area (Å²) in [5, 5.41) is 2.52. The van der Waals surface area contributed by atoms with Crippen LogP contribution in [0, 0.1) is 0 Å². The molecular weight excluding hydrogens is 292 g/mol. The minimum atomic E-state index is -0.628. The number of amides is 3. The van der Waals surface area contributed by atoms with E-state index in [2.05, 4.69) is 5.32 Å². The number of hydrogen-bond acceptors (Lipinski definition) is 6. The fourth-order valence-electron chi connectivity index (χ4n) is 1.94. The highest BCUT2D eigenvalue weighted by molar-refractivity contribution is 6.05. The molecule has 8 nitrogen and oxygen atoms in total. The molecule has 1 aliphatic rings. The Bertz CT molecular complexity index is 655. The van der Waals surface area contributed by atoms with Crippen molar-refractivity contribution in [3.05, 3.63) is 23.8 Å². The van der Waals surface area contributed by atoms with E-state index in [1.54, 1.807) is 0 Å². The quantitative estimate of drug-likeness (QED) is 0.651. The highest BCUT2D eigenvalue weighted by Gasteiger charge is 2.28. The molecule has 22 heavy (non-hydrogen) atoms. The molecule has 0 aromatic heterocycles. The van der Waals surface area contributed by atoms with Crippen molar-refractivity contribution < 1.29 is 28.7 Å². The van der Waals surface area contributed by atoms with Gasteiger partial charge in [0, 0.05) is 32.5 Å². The summed E-state index contributed by atoms with van der Waals surface area (Å²) in [6, 6.07) is 3.50. The fourth-order valence-corrected chi connectivity index (χ4v) is 1.94. The second-order valence-electron chi connectivity index (χ2n) is 4.54. The van der Waals surface area contributed by atoms with Crippen molar-refractivity contribution in [1.29, 1.82) is 0 Å². The first-order valence-corrected chi connectivity index (χ1v) is 6.49. The Morgan fingerprint density at radius 1 is 1.09 bits per heavy atom. The summed E-state index contributed by atoms with van der Waals surface area (Å²) in [7, 11) is 0. The Morgan fingerprint density at radius 2 is 1.73 bits per heavy atom. The molecule has 0 saturated carbocycles. The van der Waals surface area contributed by atoms with E-state index in [4.69, 9.17) is 9.47 Å². The van der Waals surface area contributed by atoms with Crippen LogP contribution in [0.25, 0.3) is 0 Å². The van der Waals surface area contributed by atoms with E-state index in [1.807, 2.05) is 0 Å². The first kappa shape index (κ1) is 15.5. The minimum absolute atomic E-state index is 0.0186. The van der Waals surface area contributed by atoms with Crippen molar-refractivity contribution in [1.82, 2.24) is 10.2 Å². The maximum Gasteiger partial charge on any atom is 0.324 e. The van der Waals surface area contributed by atoms with Gasteiger partial charge in [0.1, 0.15) is 0 Å². The van der Waals surface area contributed by atoms with Crippen molar-refractivity contribution in [2.75, 3.05) is 13.1 Å². The van der Waals surface area contributed by atoms with Gasteiger partial charge in [0.15, 0.2) is 11.5 Å². The molecule has 2 rings (SSSR count). The number of carbonyl (C=O) groups is 4. The number of urea groups is 1. The molecule has 0 radical (unpaired) electrons. The molecule has 0 aliphatic carbocycles. The molecule has 1 aliphatic heterocycles. The Hall–Kier alpha value is -2.90. The van der Waals surface area contributed by atoms with Crippen LogP contribution in [-0.4, -0.2) is 41.9 Å². The van der Waals surface area contributed by atoms with Gasteiger partial charge in [-0.3, -0.25) is 19.3 Å².